The zero-order valence-corrected chi connectivity index (χ0v) is 10.1. The van der Waals surface area contributed by atoms with Crippen molar-refractivity contribution in [2.75, 3.05) is 39.6 Å². The molecule has 98 valence electrons. The Labute approximate surface area is 97.3 Å². The van der Waals surface area contributed by atoms with Gasteiger partial charge in [0, 0.05) is 6.61 Å². The quantitative estimate of drug-likeness (QED) is 0.382. The van der Waals surface area contributed by atoms with Gasteiger partial charge in [0.25, 0.3) is 0 Å². The first-order valence-corrected chi connectivity index (χ1v) is 5.87. The van der Waals surface area contributed by atoms with Crippen molar-refractivity contribution in [2.24, 2.45) is 0 Å². The first kappa shape index (κ1) is 15.8. The Morgan fingerprint density at radius 3 is 2.44 bits per heavy atom. The van der Waals surface area contributed by atoms with Gasteiger partial charge in [-0.2, -0.15) is 0 Å². The van der Waals surface area contributed by atoms with Crippen LogP contribution in [-0.4, -0.2) is 56.1 Å². The summed E-state index contributed by atoms with van der Waals surface area (Å²) >= 11 is 0. The molecule has 0 aromatic carbocycles. The van der Waals surface area contributed by atoms with Crippen molar-refractivity contribution in [2.45, 2.75) is 32.5 Å². The molecule has 5 heteroatoms. The summed E-state index contributed by atoms with van der Waals surface area (Å²) in [6, 6.07) is 0. The van der Waals surface area contributed by atoms with Crippen molar-refractivity contribution < 1.29 is 24.4 Å². The Morgan fingerprint density at radius 1 is 1.00 bits per heavy atom. The molecule has 5 nitrogen and oxygen atoms in total. The average molecular weight is 236 g/mol. The summed E-state index contributed by atoms with van der Waals surface area (Å²) in [5, 5.41) is 17.7. The highest BCUT2D eigenvalue weighted by atomic mass is 16.6. The molecule has 0 aromatic rings. The van der Waals surface area contributed by atoms with Gasteiger partial charge in [-0.05, 0) is 6.42 Å². The summed E-state index contributed by atoms with van der Waals surface area (Å²) in [6.07, 6.45) is 2.36. The molecule has 2 N–H and O–H groups in total. The molecule has 0 bridgehead atoms. The molecule has 0 aromatic heterocycles. The van der Waals surface area contributed by atoms with Crippen LogP contribution in [0.2, 0.25) is 0 Å². The van der Waals surface area contributed by atoms with E-state index in [1.165, 1.54) is 0 Å². The van der Waals surface area contributed by atoms with Gasteiger partial charge in [0.2, 0.25) is 0 Å². The Hall–Kier alpha value is -0.200. The van der Waals surface area contributed by atoms with Gasteiger partial charge in [-0.1, -0.05) is 19.8 Å². The molecule has 1 atom stereocenters. The molecule has 0 saturated carbocycles. The van der Waals surface area contributed by atoms with Gasteiger partial charge in [-0.3, -0.25) is 0 Å². The molecule has 0 aliphatic rings. The smallest absolute Gasteiger partial charge is 0.178 e. The summed E-state index contributed by atoms with van der Waals surface area (Å²) < 4.78 is 15.2. The molecule has 16 heavy (non-hydrogen) atoms. The van der Waals surface area contributed by atoms with Gasteiger partial charge in [0.15, 0.2) is 6.29 Å². The maximum absolute atomic E-state index is 9.32. The number of aliphatic hydroxyl groups excluding tert-OH is 2. The van der Waals surface area contributed by atoms with Gasteiger partial charge in [0.05, 0.1) is 33.0 Å². The number of hydrogen-bond acceptors (Lipinski definition) is 5. The lowest BCUT2D eigenvalue weighted by Crippen LogP contribution is -2.21. The zero-order valence-electron chi connectivity index (χ0n) is 10.1. The Balaban J connectivity index is 3.08. The number of rotatable bonds is 12. The van der Waals surface area contributed by atoms with Gasteiger partial charge in [0.1, 0.15) is 0 Å². The molecule has 0 spiro atoms. The highest BCUT2D eigenvalue weighted by molar-refractivity contribution is 4.41. The molecule has 0 saturated heterocycles. The molecular formula is C11H24O5. The number of aliphatic hydroxyl groups is 2. The van der Waals surface area contributed by atoms with Crippen LogP contribution in [-0.2, 0) is 14.2 Å². The molecule has 0 aliphatic carbocycles. The highest BCUT2D eigenvalue weighted by Gasteiger charge is 2.03. The molecule has 0 rings (SSSR count). The van der Waals surface area contributed by atoms with Crippen LogP contribution in [0.15, 0.2) is 0 Å². The van der Waals surface area contributed by atoms with Crippen LogP contribution in [0.5, 0.6) is 0 Å². The van der Waals surface area contributed by atoms with Crippen molar-refractivity contribution in [3.05, 3.63) is 0 Å². The molecule has 0 heterocycles. The molecular weight excluding hydrogens is 212 g/mol. The Bertz CT molecular complexity index is 132. The summed E-state index contributed by atoms with van der Waals surface area (Å²) in [6.45, 7) is 4.00. The minimum Gasteiger partial charge on any atom is -0.394 e. The number of ether oxygens (including phenoxy) is 3. The fraction of sp³-hybridized carbons (Fsp3) is 1.00. The maximum Gasteiger partial charge on any atom is 0.178 e. The zero-order chi connectivity index (χ0) is 12.1. The van der Waals surface area contributed by atoms with Crippen LogP contribution < -0.4 is 0 Å². The lowest BCUT2D eigenvalue weighted by atomic mass is 10.3. The van der Waals surface area contributed by atoms with Crippen molar-refractivity contribution in [1.29, 1.82) is 0 Å². The van der Waals surface area contributed by atoms with E-state index in [4.69, 9.17) is 19.3 Å². The van der Waals surface area contributed by atoms with Crippen LogP contribution >= 0.6 is 0 Å². The van der Waals surface area contributed by atoms with Gasteiger partial charge < -0.3 is 24.4 Å². The van der Waals surface area contributed by atoms with Crippen LogP contribution in [0, 0.1) is 0 Å². The van der Waals surface area contributed by atoms with E-state index in [-0.39, 0.29) is 13.2 Å². The van der Waals surface area contributed by atoms with E-state index in [1.54, 1.807) is 0 Å². The van der Waals surface area contributed by atoms with E-state index in [0.717, 1.165) is 19.3 Å². The Kier molecular flexibility index (Phi) is 12.7. The summed E-state index contributed by atoms with van der Waals surface area (Å²) in [5.74, 6) is 0. The molecule has 0 fully saturated rings. The maximum atomic E-state index is 9.32. The van der Waals surface area contributed by atoms with E-state index in [9.17, 15) is 5.11 Å². The van der Waals surface area contributed by atoms with Crippen LogP contribution in [0.1, 0.15) is 26.2 Å². The fourth-order valence-electron chi connectivity index (χ4n) is 1.09. The second kappa shape index (κ2) is 12.9. The largest absolute Gasteiger partial charge is 0.394 e. The fourth-order valence-corrected chi connectivity index (χ4v) is 1.09. The first-order valence-electron chi connectivity index (χ1n) is 5.87. The summed E-state index contributed by atoms with van der Waals surface area (Å²) in [7, 11) is 0. The lowest BCUT2D eigenvalue weighted by Gasteiger charge is -2.12. The van der Waals surface area contributed by atoms with Crippen LogP contribution in [0.4, 0.5) is 0 Å². The van der Waals surface area contributed by atoms with Gasteiger partial charge >= 0.3 is 0 Å². The predicted molar refractivity (Wildman–Crippen MR) is 60.2 cm³/mol. The van der Waals surface area contributed by atoms with Crippen molar-refractivity contribution in [1.82, 2.24) is 0 Å². The lowest BCUT2D eigenvalue weighted by molar-refractivity contribution is -0.141. The normalized spacial score (nSPS) is 12.9. The monoisotopic (exact) mass is 236 g/mol. The van der Waals surface area contributed by atoms with E-state index >= 15 is 0 Å². The summed E-state index contributed by atoms with van der Waals surface area (Å²) in [5.41, 5.74) is 0. The predicted octanol–water partition coefficient (Wildman–Crippen LogP) is 0.537. The van der Waals surface area contributed by atoms with Gasteiger partial charge in [-0.25, -0.2) is 0 Å². The third-order valence-corrected chi connectivity index (χ3v) is 1.93. The topological polar surface area (TPSA) is 68.2 Å². The SMILES string of the molecule is CCCCCOC(O)COCCOCCO. The van der Waals surface area contributed by atoms with Crippen molar-refractivity contribution >= 4 is 0 Å². The number of unbranched alkanes of at least 4 members (excludes halogenated alkanes) is 2. The minimum absolute atomic E-state index is 0.0170. The standard InChI is InChI=1S/C11H24O5/c1-2-3-4-6-16-11(13)10-15-9-8-14-7-5-12/h11-13H,2-10H2,1H3. The summed E-state index contributed by atoms with van der Waals surface area (Å²) in [4.78, 5) is 0. The highest BCUT2D eigenvalue weighted by Crippen LogP contribution is 1.97. The third-order valence-electron chi connectivity index (χ3n) is 1.93. The molecule has 0 amide bonds. The van der Waals surface area contributed by atoms with E-state index in [1.807, 2.05) is 0 Å². The van der Waals surface area contributed by atoms with Crippen LogP contribution in [0.3, 0.4) is 0 Å². The van der Waals surface area contributed by atoms with Crippen molar-refractivity contribution in [3.63, 3.8) is 0 Å². The van der Waals surface area contributed by atoms with E-state index in [2.05, 4.69) is 6.92 Å². The Morgan fingerprint density at radius 2 is 1.75 bits per heavy atom. The van der Waals surface area contributed by atoms with Crippen LogP contribution in [0.25, 0.3) is 0 Å². The number of hydrogen-bond donors (Lipinski definition) is 2. The first-order chi connectivity index (χ1) is 7.81. The second-order valence-electron chi connectivity index (χ2n) is 3.44. The van der Waals surface area contributed by atoms with E-state index in [0.29, 0.717) is 26.4 Å². The molecule has 0 radical (unpaired) electrons. The van der Waals surface area contributed by atoms with Gasteiger partial charge in [-0.15, -0.1) is 0 Å². The van der Waals surface area contributed by atoms with E-state index < -0.39 is 6.29 Å². The molecule has 1 unspecified atom stereocenters. The van der Waals surface area contributed by atoms with Crippen molar-refractivity contribution in [3.8, 4) is 0 Å². The minimum atomic E-state index is -0.852. The average Bonchev–Trinajstić information content (AvgIpc) is 2.29. The molecule has 0 aliphatic heterocycles. The second-order valence-corrected chi connectivity index (χ2v) is 3.44. The third kappa shape index (κ3) is 11.9.